The first kappa shape index (κ1) is 12.4. The molecule has 0 aliphatic rings. The van der Waals surface area contributed by atoms with Crippen LogP contribution in [0.25, 0.3) is 0 Å². The third-order valence-electron chi connectivity index (χ3n) is 2.07. The minimum Gasteiger partial charge on any atom is -0.422 e. The van der Waals surface area contributed by atoms with Gasteiger partial charge in [0.25, 0.3) is 0 Å². The second kappa shape index (κ2) is 5.55. The molecule has 1 aromatic heterocycles. The Kier molecular flexibility index (Phi) is 3.44. The van der Waals surface area contributed by atoms with Crippen molar-refractivity contribution < 1.29 is 24.1 Å². The van der Waals surface area contributed by atoms with Crippen LogP contribution in [-0.2, 0) is 4.79 Å². The van der Waals surface area contributed by atoms with Gasteiger partial charge in [-0.3, -0.25) is 4.79 Å². The third kappa shape index (κ3) is 3.22. The molecule has 0 saturated carbocycles. The number of nitrogens with zero attached hydrogens (tertiary/aromatic N) is 2. The van der Waals surface area contributed by atoms with Crippen LogP contribution in [0.3, 0.4) is 0 Å². The largest absolute Gasteiger partial charge is 0.422 e. The third-order valence-corrected chi connectivity index (χ3v) is 2.07. The highest BCUT2D eigenvalue weighted by Gasteiger charge is 2.15. The predicted octanol–water partition coefficient (Wildman–Crippen LogP) is 2.64. The predicted molar refractivity (Wildman–Crippen MR) is 62.7 cm³/mol. The number of anilines is 1. The summed E-state index contributed by atoms with van der Waals surface area (Å²) in [6.07, 6.45) is -0.0590. The Hall–Kier alpha value is -2.64. The molecule has 0 bridgehead atoms. The van der Waals surface area contributed by atoms with Crippen molar-refractivity contribution in [1.82, 2.24) is 9.97 Å². The first-order chi connectivity index (χ1) is 9.86. The molecule has 0 fully saturated rings. The summed E-state index contributed by atoms with van der Waals surface area (Å²) in [4.78, 5) is 17.8. The molecule has 1 aromatic carbocycles. The molecular weight excluding hydrogens is 275 g/mol. The van der Waals surface area contributed by atoms with Gasteiger partial charge in [-0.05, 0) is 0 Å². The normalized spacial score (nSPS) is 10.9. The molecular formula is C12H8F3N3O2. The molecule has 0 aliphatic heterocycles. The topological polar surface area (TPSA) is 64.1 Å². The number of hydrogen-bond donors (Lipinski definition) is 1. The van der Waals surface area contributed by atoms with Crippen LogP contribution in [0.15, 0.2) is 24.5 Å². The number of halogens is 3. The van der Waals surface area contributed by atoms with Gasteiger partial charge in [0, 0.05) is 19.1 Å². The van der Waals surface area contributed by atoms with Crippen LogP contribution in [0.1, 0.15) is 8.29 Å². The number of rotatable bonds is 3. The maximum atomic E-state index is 13.6. The van der Waals surface area contributed by atoms with Crippen molar-refractivity contribution >= 4 is 11.6 Å². The van der Waals surface area contributed by atoms with Gasteiger partial charge in [0.15, 0.2) is 17.4 Å². The van der Waals surface area contributed by atoms with E-state index >= 15 is 0 Å². The molecule has 0 spiro atoms. The molecule has 1 amide bonds. The molecule has 1 N–H and O–H groups in total. The number of hydrogen-bond acceptors (Lipinski definition) is 4. The fraction of sp³-hybridized carbons (Fsp3) is 0.0833. The van der Waals surface area contributed by atoms with E-state index in [0.717, 1.165) is 13.0 Å². The van der Waals surface area contributed by atoms with Gasteiger partial charge in [0.2, 0.25) is 5.91 Å². The van der Waals surface area contributed by atoms with Crippen molar-refractivity contribution in [2.45, 2.75) is 6.92 Å². The molecule has 104 valence electrons. The van der Waals surface area contributed by atoms with Gasteiger partial charge in [-0.25, -0.2) is 23.1 Å². The summed E-state index contributed by atoms with van der Waals surface area (Å²) < 4.78 is 51.9. The van der Waals surface area contributed by atoms with E-state index in [-0.39, 0.29) is 0 Å². The highest BCUT2D eigenvalue weighted by Crippen LogP contribution is 2.31. The second-order valence-electron chi connectivity index (χ2n) is 3.66. The standard InChI is InChI=1S/C12H8F3N3O2/c1-6(19)18-11-9(15)2-7(13)3-10(11)20-12-16-4-8(14)5-17-12/h2-5H,1H3,(H,18,19)/i4D. The molecule has 0 unspecified atom stereocenters. The van der Waals surface area contributed by atoms with Crippen LogP contribution in [0.5, 0.6) is 11.8 Å². The molecule has 5 nitrogen and oxygen atoms in total. The maximum Gasteiger partial charge on any atom is 0.322 e. The van der Waals surface area contributed by atoms with E-state index in [1.54, 1.807) is 0 Å². The average Bonchev–Trinajstić information content (AvgIpc) is 2.38. The zero-order chi connectivity index (χ0) is 15.6. The number of ether oxygens (including phenoxy) is 1. The number of aromatic nitrogens is 2. The fourth-order valence-corrected chi connectivity index (χ4v) is 1.35. The van der Waals surface area contributed by atoms with Crippen LogP contribution < -0.4 is 10.1 Å². The Bertz CT molecular complexity index is 712. The SMILES string of the molecule is [2H]c1nc(Oc2cc(F)cc(F)c2NC(C)=O)ncc1F. The Morgan fingerprint density at radius 2 is 2.05 bits per heavy atom. The lowest BCUT2D eigenvalue weighted by atomic mass is 10.2. The number of nitrogens with one attached hydrogen (secondary N) is 1. The Morgan fingerprint density at radius 3 is 2.70 bits per heavy atom. The molecule has 0 radical (unpaired) electrons. The lowest BCUT2D eigenvalue weighted by Gasteiger charge is -2.11. The summed E-state index contributed by atoms with van der Waals surface area (Å²) in [5, 5.41) is 2.13. The van der Waals surface area contributed by atoms with Gasteiger partial charge in [-0.15, -0.1) is 0 Å². The summed E-state index contributed by atoms with van der Waals surface area (Å²) in [6, 6.07) is 0.863. The number of carbonyl (C=O) groups is 1. The summed E-state index contributed by atoms with van der Waals surface area (Å²) >= 11 is 0. The van der Waals surface area contributed by atoms with Gasteiger partial charge < -0.3 is 10.1 Å². The van der Waals surface area contributed by atoms with E-state index in [2.05, 4.69) is 15.3 Å². The molecule has 0 atom stereocenters. The van der Waals surface area contributed by atoms with Gasteiger partial charge in [-0.2, -0.15) is 0 Å². The van der Waals surface area contributed by atoms with Gasteiger partial charge >= 0.3 is 6.01 Å². The van der Waals surface area contributed by atoms with Crippen LogP contribution >= 0.6 is 0 Å². The highest BCUT2D eigenvalue weighted by molar-refractivity contribution is 5.90. The van der Waals surface area contributed by atoms with Crippen LogP contribution in [0.2, 0.25) is 0 Å². The number of amides is 1. The molecule has 20 heavy (non-hydrogen) atoms. The van der Waals surface area contributed by atoms with Crippen LogP contribution in [0, 0.1) is 17.5 Å². The molecule has 2 aromatic rings. The summed E-state index contributed by atoms with van der Waals surface area (Å²) in [6.45, 7) is 1.13. The zero-order valence-corrected chi connectivity index (χ0v) is 10.1. The van der Waals surface area contributed by atoms with E-state index in [1.165, 1.54) is 0 Å². The van der Waals surface area contributed by atoms with Crippen molar-refractivity contribution in [3.8, 4) is 11.8 Å². The van der Waals surface area contributed by atoms with E-state index in [0.29, 0.717) is 12.3 Å². The van der Waals surface area contributed by atoms with Gasteiger partial charge in [0.1, 0.15) is 11.5 Å². The molecule has 0 saturated heterocycles. The van der Waals surface area contributed by atoms with Crippen molar-refractivity contribution in [2.24, 2.45) is 0 Å². The maximum absolute atomic E-state index is 13.6. The van der Waals surface area contributed by atoms with Crippen LogP contribution in [0.4, 0.5) is 18.9 Å². The Balaban J connectivity index is 2.42. The Morgan fingerprint density at radius 1 is 1.30 bits per heavy atom. The van der Waals surface area contributed by atoms with Crippen molar-refractivity contribution in [2.75, 3.05) is 5.32 Å². The fourth-order valence-electron chi connectivity index (χ4n) is 1.35. The lowest BCUT2D eigenvalue weighted by Crippen LogP contribution is -2.09. The van der Waals surface area contributed by atoms with Gasteiger partial charge in [-0.1, -0.05) is 0 Å². The zero-order valence-electron chi connectivity index (χ0n) is 11.1. The van der Waals surface area contributed by atoms with E-state index in [9.17, 15) is 18.0 Å². The summed E-state index contributed by atoms with van der Waals surface area (Å²) in [7, 11) is 0. The van der Waals surface area contributed by atoms with Crippen molar-refractivity contribution in [3.05, 3.63) is 42.0 Å². The van der Waals surface area contributed by atoms with Gasteiger partial charge in [0.05, 0.1) is 13.7 Å². The first-order valence-electron chi connectivity index (χ1n) is 5.80. The number of benzene rings is 1. The van der Waals surface area contributed by atoms with E-state index in [1.807, 2.05) is 0 Å². The van der Waals surface area contributed by atoms with Crippen molar-refractivity contribution in [1.29, 1.82) is 0 Å². The minimum absolute atomic E-state index is 0.409. The van der Waals surface area contributed by atoms with Crippen LogP contribution in [-0.4, -0.2) is 15.9 Å². The highest BCUT2D eigenvalue weighted by atomic mass is 19.1. The minimum atomic E-state index is -1.06. The smallest absolute Gasteiger partial charge is 0.322 e. The molecule has 2 rings (SSSR count). The quantitative estimate of drug-likeness (QED) is 0.941. The summed E-state index contributed by atoms with van der Waals surface area (Å²) in [5.41, 5.74) is -0.414. The Labute approximate surface area is 112 Å². The molecule has 0 aliphatic carbocycles. The average molecular weight is 284 g/mol. The van der Waals surface area contributed by atoms with E-state index < -0.39 is 47.0 Å². The lowest BCUT2D eigenvalue weighted by molar-refractivity contribution is -0.114. The number of carbonyl (C=O) groups excluding carboxylic acids is 1. The van der Waals surface area contributed by atoms with Crippen molar-refractivity contribution in [3.63, 3.8) is 0 Å². The molecule has 8 heteroatoms. The van der Waals surface area contributed by atoms with E-state index in [4.69, 9.17) is 6.11 Å². The summed E-state index contributed by atoms with van der Waals surface area (Å²) in [5.74, 6) is -4.01. The second-order valence-corrected chi connectivity index (χ2v) is 3.66. The first-order valence-corrected chi connectivity index (χ1v) is 5.30. The monoisotopic (exact) mass is 284 g/mol. The molecule has 1 heterocycles.